The Labute approximate surface area is 239 Å². The van der Waals surface area contributed by atoms with Gasteiger partial charge in [-0.25, -0.2) is 4.79 Å². The first-order valence-electron chi connectivity index (χ1n) is 13.5. The SMILES string of the molecule is COC(=O)c1ccc2c(c1)CCCC(c1ccc(Cl)cc1Cl)=C2c1cccc(N[C@@H]2CCN(CCCF)C2)c1. The van der Waals surface area contributed by atoms with Gasteiger partial charge in [0.2, 0.25) is 0 Å². The Balaban J connectivity index is 1.57. The molecule has 1 N–H and O–H groups in total. The third kappa shape index (κ3) is 6.32. The summed E-state index contributed by atoms with van der Waals surface area (Å²) in [7, 11) is 1.41. The summed E-state index contributed by atoms with van der Waals surface area (Å²) in [6.07, 6.45) is 4.22. The van der Waals surface area contributed by atoms with Crippen molar-refractivity contribution < 1.29 is 13.9 Å². The van der Waals surface area contributed by atoms with E-state index in [1.54, 1.807) is 6.07 Å². The van der Waals surface area contributed by atoms with Crippen LogP contribution in [0.25, 0.3) is 11.1 Å². The number of methoxy groups -OCH3 is 1. The van der Waals surface area contributed by atoms with Gasteiger partial charge in [-0.1, -0.05) is 47.5 Å². The molecule has 1 aliphatic heterocycles. The summed E-state index contributed by atoms with van der Waals surface area (Å²) in [5, 5.41) is 4.93. The second-order valence-corrected chi connectivity index (χ2v) is 11.1. The lowest BCUT2D eigenvalue weighted by molar-refractivity contribution is 0.0600. The smallest absolute Gasteiger partial charge is 0.337 e. The van der Waals surface area contributed by atoms with Crippen LogP contribution in [0.3, 0.4) is 0 Å². The minimum absolute atomic E-state index is 0.270. The zero-order valence-corrected chi connectivity index (χ0v) is 23.6. The lowest BCUT2D eigenvalue weighted by Crippen LogP contribution is -2.27. The molecule has 0 spiro atoms. The number of likely N-dealkylation sites (tertiary alicyclic amines) is 1. The van der Waals surface area contributed by atoms with Gasteiger partial charge in [0.05, 0.1) is 19.3 Å². The van der Waals surface area contributed by atoms with Crippen molar-refractivity contribution in [3.63, 3.8) is 0 Å². The van der Waals surface area contributed by atoms with Gasteiger partial charge >= 0.3 is 5.97 Å². The highest BCUT2D eigenvalue weighted by molar-refractivity contribution is 6.36. The number of anilines is 1. The lowest BCUT2D eigenvalue weighted by Gasteiger charge is -2.20. The number of alkyl halides is 1. The number of benzene rings is 3. The van der Waals surface area contributed by atoms with Crippen LogP contribution in [0.2, 0.25) is 10.0 Å². The van der Waals surface area contributed by atoms with E-state index >= 15 is 0 Å². The van der Waals surface area contributed by atoms with Crippen LogP contribution < -0.4 is 5.32 Å². The number of rotatable bonds is 8. The Kier molecular flexibility index (Phi) is 8.91. The molecule has 0 aromatic heterocycles. The third-order valence-electron chi connectivity index (χ3n) is 7.63. The molecule has 3 aromatic carbocycles. The number of carbonyl (C=O) groups is 1. The Morgan fingerprint density at radius 3 is 2.72 bits per heavy atom. The average molecular weight is 568 g/mol. The van der Waals surface area contributed by atoms with Crippen molar-refractivity contribution in [2.75, 3.05) is 38.7 Å². The molecule has 1 heterocycles. The normalized spacial score (nSPS) is 17.6. The molecule has 0 saturated carbocycles. The number of halogens is 3. The highest BCUT2D eigenvalue weighted by Gasteiger charge is 2.25. The van der Waals surface area contributed by atoms with Crippen LogP contribution in [0.1, 0.15) is 58.3 Å². The molecular weight excluding hydrogens is 534 g/mol. The first-order chi connectivity index (χ1) is 19.0. The highest BCUT2D eigenvalue weighted by atomic mass is 35.5. The van der Waals surface area contributed by atoms with Crippen LogP contribution in [0.5, 0.6) is 0 Å². The van der Waals surface area contributed by atoms with Gasteiger partial charge in [0, 0.05) is 41.4 Å². The number of fused-ring (bicyclic) bond motifs is 1. The summed E-state index contributed by atoms with van der Waals surface area (Å²) in [4.78, 5) is 14.6. The summed E-state index contributed by atoms with van der Waals surface area (Å²) in [5.41, 5.74) is 8.15. The molecule has 0 amide bonds. The molecule has 39 heavy (non-hydrogen) atoms. The van der Waals surface area contributed by atoms with E-state index in [4.69, 9.17) is 27.9 Å². The first-order valence-corrected chi connectivity index (χ1v) is 14.3. The van der Waals surface area contributed by atoms with E-state index in [1.807, 2.05) is 30.3 Å². The number of allylic oxidation sites excluding steroid dienone is 1. The minimum Gasteiger partial charge on any atom is -0.465 e. The van der Waals surface area contributed by atoms with Gasteiger partial charge in [-0.2, -0.15) is 0 Å². The van der Waals surface area contributed by atoms with Crippen molar-refractivity contribution in [1.82, 2.24) is 4.90 Å². The van der Waals surface area contributed by atoms with E-state index in [0.29, 0.717) is 28.1 Å². The molecule has 0 unspecified atom stereocenters. The molecule has 4 nitrogen and oxygen atoms in total. The molecule has 1 fully saturated rings. The van der Waals surface area contributed by atoms with Gasteiger partial charge in [0.25, 0.3) is 0 Å². The summed E-state index contributed by atoms with van der Waals surface area (Å²) >= 11 is 13.0. The fourth-order valence-corrected chi connectivity index (χ4v) is 6.33. The second-order valence-electron chi connectivity index (χ2n) is 10.2. The van der Waals surface area contributed by atoms with Gasteiger partial charge in [-0.15, -0.1) is 0 Å². The van der Waals surface area contributed by atoms with Crippen LogP contribution in [0.4, 0.5) is 10.1 Å². The van der Waals surface area contributed by atoms with Crippen molar-refractivity contribution in [3.8, 4) is 0 Å². The third-order valence-corrected chi connectivity index (χ3v) is 8.18. The maximum Gasteiger partial charge on any atom is 0.337 e. The molecule has 0 radical (unpaired) electrons. The zero-order chi connectivity index (χ0) is 27.4. The van der Waals surface area contributed by atoms with Gasteiger partial charge in [0.1, 0.15) is 0 Å². The molecule has 1 aliphatic carbocycles. The molecule has 2 aliphatic rings. The average Bonchev–Trinajstić information content (AvgIpc) is 3.29. The van der Waals surface area contributed by atoms with Gasteiger partial charge in [-0.05, 0) is 102 Å². The number of ether oxygens (including phenoxy) is 1. The van der Waals surface area contributed by atoms with Crippen LogP contribution in [0.15, 0.2) is 60.7 Å². The molecule has 7 heteroatoms. The van der Waals surface area contributed by atoms with Crippen molar-refractivity contribution >= 4 is 46.0 Å². The van der Waals surface area contributed by atoms with Crippen LogP contribution in [0, 0.1) is 0 Å². The predicted octanol–water partition coefficient (Wildman–Crippen LogP) is 7.92. The minimum atomic E-state index is -0.336. The van der Waals surface area contributed by atoms with Crippen LogP contribution in [-0.4, -0.2) is 50.3 Å². The molecule has 0 bridgehead atoms. The number of hydrogen-bond donors (Lipinski definition) is 1. The van der Waals surface area contributed by atoms with E-state index in [-0.39, 0.29) is 12.6 Å². The fourth-order valence-electron chi connectivity index (χ4n) is 5.80. The second kappa shape index (κ2) is 12.5. The number of hydrogen-bond acceptors (Lipinski definition) is 4. The van der Waals surface area contributed by atoms with Crippen molar-refractivity contribution in [1.29, 1.82) is 0 Å². The monoisotopic (exact) mass is 566 g/mol. The fraction of sp³-hybridized carbons (Fsp3) is 0.344. The molecule has 3 aromatic rings. The number of carbonyl (C=O) groups excluding carboxylic acids is 1. The molecule has 1 saturated heterocycles. The standard InChI is InChI=1S/C32H33Cl2FN2O2/c1-39-32(38)23-9-11-27-21(17-23)5-3-8-29(28-12-10-24(33)19-30(28)34)31(27)22-6-2-7-25(18-22)36-26-13-16-37(20-26)15-4-14-35/h2,6-7,9-12,17-19,26,36H,3-5,8,13-16,20H2,1H3/t26-/m1/s1. The Bertz CT molecular complexity index is 1390. The van der Waals surface area contributed by atoms with E-state index in [1.165, 1.54) is 7.11 Å². The quantitative estimate of drug-likeness (QED) is 0.281. The van der Waals surface area contributed by atoms with Gasteiger partial charge in [-0.3, -0.25) is 4.39 Å². The first kappa shape index (κ1) is 27.7. The van der Waals surface area contributed by atoms with E-state index in [0.717, 1.165) is 84.4 Å². The summed E-state index contributed by atoms with van der Waals surface area (Å²) in [5.74, 6) is -0.336. The molecule has 204 valence electrons. The predicted molar refractivity (Wildman–Crippen MR) is 159 cm³/mol. The van der Waals surface area contributed by atoms with Crippen LogP contribution >= 0.6 is 23.2 Å². The zero-order valence-electron chi connectivity index (χ0n) is 22.1. The maximum absolute atomic E-state index is 12.6. The molecular formula is C32H33Cl2FN2O2. The van der Waals surface area contributed by atoms with E-state index in [9.17, 15) is 9.18 Å². The summed E-state index contributed by atoms with van der Waals surface area (Å²) in [6.45, 7) is 2.43. The Morgan fingerprint density at radius 1 is 1.08 bits per heavy atom. The number of nitrogens with zero attached hydrogens (tertiary/aromatic N) is 1. The number of nitrogens with one attached hydrogen (secondary N) is 1. The van der Waals surface area contributed by atoms with Crippen molar-refractivity contribution in [2.45, 2.75) is 38.1 Å². The number of aryl methyl sites for hydroxylation is 1. The summed E-state index contributed by atoms with van der Waals surface area (Å²) in [6, 6.07) is 20.3. The van der Waals surface area contributed by atoms with E-state index < -0.39 is 0 Å². The number of esters is 1. The molecule has 5 rings (SSSR count). The topological polar surface area (TPSA) is 41.6 Å². The van der Waals surface area contributed by atoms with Crippen molar-refractivity contribution in [3.05, 3.63) is 98.5 Å². The largest absolute Gasteiger partial charge is 0.465 e. The van der Waals surface area contributed by atoms with Gasteiger partial charge in [0.15, 0.2) is 0 Å². The molecule has 1 atom stereocenters. The van der Waals surface area contributed by atoms with Gasteiger partial charge < -0.3 is 15.0 Å². The van der Waals surface area contributed by atoms with E-state index in [2.05, 4.69) is 34.5 Å². The Morgan fingerprint density at radius 2 is 1.92 bits per heavy atom. The lowest BCUT2D eigenvalue weighted by atomic mass is 9.87. The Hall–Kier alpha value is -2.86. The highest BCUT2D eigenvalue weighted by Crippen LogP contribution is 2.43. The maximum atomic E-state index is 12.6. The van der Waals surface area contributed by atoms with Crippen LogP contribution in [-0.2, 0) is 11.2 Å². The summed E-state index contributed by atoms with van der Waals surface area (Å²) < 4.78 is 17.6. The van der Waals surface area contributed by atoms with Crippen molar-refractivity contribution in [2.24, 2.45) is 0 Å².